The maximum Gasteiger partial charge on any atom is 0.136 e. The molecular weight excluding hydrogens is 358 g/mol. The molecule has 5 heteroatoms. The van der Waals surface area contributed by atoms with E-state index in [1.165, 1.54) is 27.9 Å². The number of benzene rings is 1. The van der Waals surface area contributed by atoms with Crippen LogP contribution >= 0.6 is 0 Å². The summed E-state index contributed by atoms with van der Waals surface area (Å²) in [6, 6.07) is 8.76. The van der Waals surface area contributed by atoms with Gasteiger partial charge in [-0.15, -0.1) is 0 Å². The zero-order valence-electron chi connectivity index (χ0n) is 18.5. The molecule has 2 aromatic heterocycles. The van der Waals surface area contributed by atoms with Crippen molar-refractivity contribution < 1.29 is 0 Å². The summed E-state index contributed by atoms with van der Waals surface area (Å²) in [6.45, 7) is 14.6. The molecule has 0 spiro atoms. The zero-order valence-corrected chi connectivity index (χ0v) is 18.5. The van der Waals surface area contributed by atoms with Crippen molar-refractivity contribution in [3.05, 3.63) is 69.9 Å². The summed E-state index contributed by atoms with van der Waals surface area (Å²) in [5.41, 5.74) is 7.55. The highest BCUT2D eigenvalue weighted by Crippen LogP contribution is 2.30. The average Bonchev–Trinajstić information content (AvgIpc) is 3.09. The quantitative estimate of drug-likeness (QED) is 0.661. The fourth-order valence-electron chi connectivity index (χ4n) is 4.19. The molecule has 1 aliphatic heterocycles. The predicted molar refractivity (Wildman–Crippen MR) is 117 cm³/mol. The molecule has 0 N–H and O–H groups in total. The molecule has 0 aliphatic carbocycles. The largest absolute Gasteiger partial charge is 0.351 e. The van der Waals surface area contributed by atoms with E-state index in [1.54, 1.807) is 0 Å². The van der Waals surface area contributed by atoms with E-state index in [0.717, 1.165) is 43.3 Å². The van der Waals surface area contributed by atoms with Gasteiger partial charge in [0.2, 0.25) is 0 Å². The van der Waals surface area contributed by atoms with Gasteiger partial charge in [-0.05, 0) is 47.1 Å². The first-order chi connectivity index (χ1) is 13.7. The highest BCUT2D eigenvalue weighted by atomic mass is 15.3. The molecule has 1 aliphatic rings. The molecule has 3 heterocycles. The van der Waals surface area contributed by atoms with Gasteiger partial charge in [0.1, 0.15) is 11.6 Å². The predicted octanol–water partition coefficient (Wildman–Crippen LogP) is 4.51. The van der Waals surface area contributed by atoms with Crippen LogP contribution in [0.1, 0.15) is 60.2 Å². The summed E-state index contributed by atoms with van der Waals surface area (Å²) in [6.07, 6.45) is 3.87. The lowest BCUT2D eigenvalue weighted by atomic mass is 10.0. The third-order valence-corrected chi connectivity index (χ3v) is 5.68. The van der Waals surface area contributed by atoms with Crippen LogP contribution in [0.2, 0.25) is 0 Å². The number of anilines is 1. The van der Waals surface area contributed by atoms with Crippen molar-refractivity contribution in [3.63, 3.8) is 0 Å². The minimum atomic E-state index is 0.00838. The molecule has 0 bridgehead atoms. The highest BCUT2D eigenvalue weighted by Gasteiger charge is 2.27. The van der Waals surface area contributed by atoms with Crippen LogP contribution in [0.4, 0.5) is 5.82 Å². The molecule has 4 rings (SSSR count). The van der Waals surface area contributed by atoms with Crippen molar-refractivity contribution >= 4 is 5.82 Å². The molecule has 0 atom stereocenters. The lowest BCUT2D eigenvalue weighted by molar-refractivity contribution is 0.341. The molecule has 0 saturated heterocycles. The molecule has 1 aromatic carbocycles. The summed E-state index contributed by atoms with van der Waals surface area (Å²) in [5.74, 6) is 1.91. The molecule has 3 aromatic rings. The van der Waals surface area contributed by atoms with E-state index >= 15 is 0 Å². The Bertz CT molecular complexity index is 1020. The topological polar surface area (TPSA) is 46.8 Å². The van der Waals surface area contributed by atoms with Crippen molar-refractivity contribution in [2.75, 3.05) is 11.4 Å². The van der Waals surface area contributed by atoms with Gasteiger partial charge in [-0.2, -0.15) is 5.10 Å². The van der Waals surface area contributed by atoms with Crippen LogP contribution in [0, 0.1) is 20.8 Å². The summed E-state index contributed by atoms with van der Waals surface area (Å²) in [5, 5.41) is 4.69. The van der Waals surface area contributed by atoms with E-state index < -0.39 is 0 Å². The van der Waals surface area contributed by atoms with Crippen LogP contribution < -0.4 is 4.90 Å². The fraction of sp³-hybridized carbons (Fsp3) is 0.458. The normalized spacial score (nSPS) is 14.2. The van der Waals surface area contributed by atoms with Crippen molar-refractivity contribution in [1.82, 2.24) is 19.7 Å². The second-order valence-corrected chi connectivity index (χ2v) is 9.19. The minimum absolute atomic E-state index is 0.00838. The molecular formula is C24H31N5. The number of aryl methyl sites for hydroxylation is 3. The Kier molecular flexibility index (Phi) is 4.93. The average molecular weight is 390 g/mol. The second kappa shape index (κ2) is 7.29. The molecule has 5 nitrogen and oxygen atoms in total. The van der Waals surface area contributed by atoms with Crippen molar-refractivity contribution in [3.8, 4) is 0 Å². The lowest BCUT2D eigenvalue weighted by Crippen LogP contribution is -2.35. The zero-order chi connectivity index (χ0) is 20.8. The molecule has 0 amide bonds. The molecule has 0 radical (unpaired) electrons. The summed E-state index contributed by atoms with van der Waals surface area (Å²) < 4.78 is 2.18. The van der Waals surface area contributed by atoms with Crippen molar-refractivity contribution in [2.45, 2.75) is 66.5 Å². The SMILES string of the molecule is Cc1ccc(Cc2c(C)nc(C)nc2N2CCc3c(cnn3C(C)(C)C)C2)cc1. The van der Waals surface area contributed by atoms with Crippen LogP contribution in [-0.4, -0.2) is 26.3 Å². The van der Waals surface area contributed by atoms with E-state index in [1.807, 2.05) is 13.1 Å². The monoisotopic (exact) mass is 389 g/mol. The van der Waals surface area contributed by atoms with Crippen LogP contribution in [0.3, 0.4) is 0 Å². The third-order valence-electron chi connectivity index (χ3n) is 5.68. The number of nitrogens with zero attached hydrogens (tertiary/aromatic N) is 5. The summed E-state index contributed by atoms with van der Waals surface area (Å²) in [4.78, 5) is 12.0. The van der Waals surface area contributed by atoms with E-state index in [0.29, 0.717) is 0 Å². The summed E-state index contributed by atoms with van der Waals surface area (Å²) in [7, 11) is 0. The van der Waals surface area contributed by atoms with Crippen LogP contribution in [0.15, 0.2) is 30.5 Å². The number of fused-ring (bicyclic) bond motifs is 1. The Morgan fingerprint density at radius 3 is 2.41 bits per heavy atom. The van der Waals surface area contributed by atoms with E-state index in [9.17, 15) is 0 Å². The van der Waals surface area contributed by atoms with Gasteiger partial charge in [0.05, 0.1) is 11.7 Å². The Morgan fingerprint density at radius 2 is 1.72 bits per heavy atom. The van der Waals surface area contributed by atoms with Gasteiger partial charge in [0.25, 0.3) is 0 Å². The Balaban J connectivity index is 1.68. The Morgan fingerprint density at radius 1 is 1.00 bits per heavy atom. The van der Waals surface area contributed by atoms with Gasteiger partial charge >= 0.3 is 0 Å². The number of aromatic nitrogens is 4. The van der Waals surface area contributed by atoms with Crippen LogP contribution in [0.5, 0.6) is 0 Å². The van der Waals surface area contributed by atoms with Crippen LogP contribution in [0.25, 0.3) is 0 Å². The first-order valence-electron chi connectivity index (χ1n) is 10.4. The number of hydrogen-bond acceptors (Lipinski definition) is 4. The maximum absolute atomic E-state index is 4.89. The van der Waals surface area contributed by atoms with Crippen molar-refractivity contribution in [2.24, 2.45) is 0 Å². The van der Waals surface area contributed by atoms with Gasteiger partial charge in [-0.3, -0.25) is 4.68 Å². The van der Waals surface area contributed by atoms with E-state index in [-0.39, 0.29) is 5.54 Å². The molecule has 0 fully saturated rings. The highest BCUT2D eigenvalue weighted by molar-refractivity contribution is 5.53. The Hall–Kier alpha value is -2.69. The summed E-state index contributed by atoms with van der Waals surface area (Å²) >= 11 is 0. The molecule has 29 heavy (non-hydrogen) atoms. The first-order valence-corrected chi connectivity index (χ1v) is 10.4. The Labute approximate surface area is 173 Å². The molecule has 0 saturated carbocycles. The lowest BCUT2D eigenvalue weighted by Gasteiger charge is -2.32. The van der Waals surface area contributed by atoms with Crippen LogP contribution in [-0.2, 0) is 24.9 Å². The van der Waals surface area contributed by atoms with Gasteiger partial charge in [0.15, 0.2) is 0 Å². The van der Waals surface area contributed by atoms with Gasteiger partial charge in [0, 0.05) is 48.4 Å². The fourth-order valence-corrected chi connectivity index (χ4v) is 4.19. The maximum atomic E-state index is 4.89. The smallest absolute Gasteiger partial charge is 0.136 e. The van der Waals surface area contributed by atoms with E-state index in [2.05, 4.69) is 78.5 Å². The second-order valence-electron chi connectivity index (χ2n) is 9.19. The molecule has 152 valence electrons. The number of hydrogen-bond donors (Lipinski definition) is 0. The molecule has 0 unspecified atom stereocenters. The van der Waals surface area contributed by atoms with Gasteiger partial charge in [-0.1, -0.05) is 29.8 Å². The minimum Gasteiger partial charge on any atom is -0.351 e. The van der Waals surface area contributed by atoms with Gasteiger partial charge < -0.3 is 4.90 Å². The first kappa shape index (κ1) is 19.6. The standard InChI is InChI=1S/C24H31N5/c1-16-7-9-19(10-8-16)13-21-17(2)26-18(3)27-23(21)28-12-11-22-20(15-28)14-25-29(22)24(4,5)6/h7-10,14H,11-13,15H2,1-6H3. The van der Waals surface area contributed by atoms with Crippen molar-refractivity contribution in [1.29, 1.82) is 0 Å². The number of rotatable bonds is 3. The van der Waals surface area contributed by atoms with Gasteiger partial charge in [-0.25, -0.2) is 9.97 Å². The van der Waals surface area contributed by atoms with E-state index in [4.69, 9.17) is 4.98 Å². The third kappa shape index (κ3) is 3.91.